The van der Waals surface area contributed by atoms with Gasteiger partial charge in [0.25, 0.3) is 5.91 Å². The van der Waals surface area contributed by atoms with Crippen LogP contribution < -0.4 is 10.6 Å². The van der Waals surface area contributed by atoms with Crippen LogP contribution in [0, 0.1) is 6.92 Å². The third kappa shape index (κ3) is 4.17. The molecule has 2 N–H and O–H groups in total. The van der Waals surface area contributed by atoms with Gasteiger partial charge in [-0.2, -0.15) is 0 Å². The number of pyridine rings is 1. The highest BCUT2D eigenvalue weighted by Gasteiger charge is 2.06. The van der Waals surface area contributed by atoms with E-state index >= 15 is 0 Å². The van der Waals surface area contributed by atoms with Crippen molar-refractivity contribution >= 4 is 11.7 Å². The highest BCUT2D eigenvalue weighted by atomic mass is 16.1. The number of amides is 1. The molecular formula is C19H19N5O. The maximum absolute atomic E-state index is 11.7. The Labute approximate surface area is 146 Å². The molecule has 0 fully saturated rings. The summed E-state index contributed by atoms with van der Waals surface area (Å²) in [5, 5.41) is 5.93. The predicted octanol–water partition coefficient (Wildman–Crippen LogP) is 2.82. The summed E-state index contributed by atoms with van der Waals surface area (Å²) in [6, 6.07) is 13.2. The van der Waals surface area contributed by atoms with Crippen LogP contribution in [0.4, 0.5) is 5.82 Å². The molecule has 0 saturated carbocycles. The van der Waals surface area contributed by atoms with Crippen molar-refractivity contribution in [2.45, 2.75) is 13.5 Å². The molecule has 0 atom stereocenters. The summed E-state index contributed by atoms with van der Waals surface area (Å²) >= 11 is 0. The van der Waals surface area contributed by atoms with Crippen LogP contribution in [-0.4, -0.2) is 27.9 Å². The number of rotatable bonds is 5. The summed E-state index contributed by atoms with van der Waals surface area (Å²) in [7, 11) is 1.62. The molecule has 0 aliphatic rings. The minimum absolute atomic E-state index is 0.0975. The number of carbonyl (C=O) groups excluding carboxylic acids is 1. The zero-order chi connectivity index (χ0) is 17.6. The fraction of sp³-hybridized carbons (Fsp3) is 0.158. The second-order valence-electron chi connectivity index (χ2n) is 5.59. The Morgan fingerprint density at radius 1 is 1.08 bits per heavy atom. The Morgan fingerprint density at radius 3 is 2.64 bits per heavy atom. The number of aryl methyl sites for hydroxylation is 1. The minimum atomic E-state index is -0.0975. The SMILES string of the molecule is CNC(=O)c1cccc(CNc2cc(C)nc(-c3ccncc3)n2)c1. The first-order chi connectivity index (χ1) is 12.2. The first-order valence-electron chi connectivity index (χ1n) is 7.96. The molecule has 0 radical (unpaired) electrons. The molecule has 0 unspecified atom stereocenters. The average Bonchev–Trinajstić information content (AvgIpc) is 2.66. The van der Waals surface area contributed by atoms with E-state index in [9.17, 15) is 4.79 Å². The van der Waals surface area contributed by atoms with Crippen molar-refractivity contribution in [3.8, 4) is 11.4 Å². The van der Waals surface area contributed by atoms with E-state index in [4.69, 9.17) is 0 Å². The maximum Gasteiger partial charge on any atom is 0.251 e. The first kappa shape index (κ1) is 16.6. The predicted molar refractivity (Wildman–Crippen MR) is 97.2 cm³/mol. The van der Waals surface area contributed by atoms with Gasteiger partial charge in [0, 0.05) is 48.9 Å². The van der Waals surface area contributed by atoms with Crippen molar-refractivity contribution in [2.24, 2.45) is 0 Å². The fourth-order valence-corrected chi connectivity index (χ4v) is 2.45. The Hall–Kier alpha value is -3.28. The quantitative estimate of drug-likeness (QED) is 0.750. The Kier molecular flexibility index (Phi) is 4.99. The molecule has 0 saturated heterocycles. The molecule has 2 heterocycles. The monoisotopic (exact) mass is 333 g/mol. The van der Waals surface area contributed by atoms with E-state index in [1.807, 2.05) is 43.3 Å². The van der Waals surface area contributed by atoms with E-state index in [1.165, 1.54) is 0 Å². The first-order valence-corrected chi connectivity index (χ1v) is 7.96. The molecule has 126 valence electrons. The Morgan fingerprint density at radius 2 is 1.88 bits per heavy atom. The van der Waals surface area contributed by atoms with Gasteiger partial charge < -0.3 is 10.6 Å². The number of carbonyl (C=O) groups is 1. The normalized spacial score (nSPS) is 10.3. The molecule has 1 aromatic carbocycles. The molecule has 6 nitrogen and oxygen atoms in total. The maximum atomic E-state index is 11.7. The lowest BCUT2D eigenvalue weighted by molar-refractivity contribution is 0.0963. The number of anilines is 1. The van der Waals surface area contributed by atoms with Gasteiger partial charge in [0.1, 0.15) is 5.82 Å². The van der Waals surface area contributed by atoms with Crippen molar-refractivity contribution in [1.29, 1.82) is 0 Å². The zero-order valence-corrected chi connectivity index (χ0v) is 14.2. The van der Waals surface area contributed by atoms with Crippen LogP contribution in [0.1, 0.15) is 21.6 Å². The second-order valence-corrected chi connectivity index (χ2v) is 5.59. The molecule has 3 rings (SSSR count). The molecule has 0 aliphatic carbocycles. The van der Waals surface area contributed by atoms with Gasteiger partial charge in [-0.1, -0.05) is 12.1 Å². The number of benzene rings is 1. The third-order valence-electron chi connectivity index (χ3n) is 3.68. The van der Waals surface area contributed by atoms with Crippen LogP contribution in [0.5, 0.6) is 0 Å². The number of hydrogen-bond acceptors (Lipinski definition) is 5. The number of aromatic nitrogens is 3. The van der Waals surface area contributed by atoms with Gasteiger partial charge in [-0.25, -0.2) is 9.97 Å². The van der Waals surface area contributed by atoms with E-state index in [0.717, 1.165) is 22.6 Å². The van der Waals surface area contributed by atoms with Gasteiger partial charge in [0.05, 0.1) is 0 Å². The summed E-state index contributed by atoms with van der Waals surface area (Å²) in [5.74, 6) is 1.30. The lowest BCUT2D eigenvalue weighted by Gasteiger charge is -2.09. The molecule has 6 heteroatoms. The van der Waals surface area contributed by atoms with Crippen molar-refractivity contribution in [3.63, 3.8) is 0 Å². The topological polar surface area (TPSA) is 79.8 Å². The lowest BCUT2D eigenvalue weighted by atomic mass is 10.1. The zero-order valence-electron chi connectivity index (χ0n) is 14.2. The highest BCUT2D eigenvalue weighted by Crippen LogP contribution is 2.17. The Bertz CT molecular complexity index is 880. The van der Waals surface area contributed by atoms with Gasteiger partial charge in [-0.05, 0) is 36.8 Å². The molecule has 0 spiro atoms. The van der Waals surface area contributed by atoms with Crippen LogP contribution in [-0.2, 0) is 6.54 Å². The van der Waals surface area contributed by atoms with Gasteiger partial charge in [-0.15, -0.1) is 0 Å². The van der Waals surface area contributed by atoms with Gasteiger partial charge in [0.2, 0.25) is 0 Å². The highest BCUT2D eigenvalue weighted by molar-refractivity contribution is 5.94. The van der Waals surface area contributed by atoms with E-state index < -0.39 is 0 Å². The summed E-state index contributed by atoms with van der Waals surface area (Å²) in [6.07, 6.45) is 3.44. The van der Waals surface area contributed by atoms with Crippen LogP contribution in [0.15, 0.2) is 54.9 Å². The summed E-state index contributed by atoms with van der Waals surface area (Å²) in [6.45, 7) is 2.50. The summed E-state index contributed by atoms with van der Waals surface area (Å²) < 4.78 is 0. The van der Waals surface area contributed by atoms with Crippen molar-refractivity contribution in [2.75, 3.05) is 12.4 Å². The van der Waals surface area contributed by atoms with E-state index in [-0.39, 0.29) is 5.91 Å². The largest absolute Gasteiger partial charge is 0.366 e. The standard InChI is InChI=1S/C19H19N5O/c1-13-10-17(24-18(23-13)15-6-8-21-9-7-15)22-12-14-4-3-5-16(11-14)19(25)20-2/h3-11H,12H2,1-2H3,(H,20,25)(H,22,23,24). The van der Waals surface area contributed by atoms with Crippen molar-refractivity contribution in [1.82, 2.24) is 20.3 Å². The van der Waals surface area contributed by atoms with Gasteiger partial charge >= 0.3 is 0 Å². The van der Waals surface area contributed by atoms with E-state index in [0.29, 0.717) is 17.9 Å². The van der Waals surface area contributed by atoms with Crippen LogP contribution in [0.3, 0.4) is 0 Å². The molecule has 1 amide bonds. The van der Waals surface area contributed by atoms with Crippen molar-refractivity contribution in [3.05, 3.63) is 71.7 Å². The van der Waals surface area contributed by atoms with E-state index in [1.54, 1.807) is 25.5 Å². The number of hydrogen-bond donors (Lipinski definition) is 2. The molecule has 25 heavy (non-hydrogen) atoms. The third-order valence-corrected chi connectivity index (χ3v) is 3.68. The lowest BCUT2D eigenvalue weighted by Crippen LogP contribution is -2.18. The number of nitrogens with zero attached hydrogens (tertiary/aromatic N) is 3. The van der Waals surface area contributed by atoms with Gasteiger partial charge in [-0.3, -0.25) is 9.78 Å². The van der Waals surface area contributed by atoms with Crippen LogP contribution >= 0.6 is 0 Å². The number of nitrogens with one attached hydrogen (secondary N) is 2. The molecule has 3 aromatic rings. The van der Waals surface area contributed by atoms with Gasteiger partial charge in [0.15, 0.2) is 5.82 Å². The van der Waals surface area contributed by atoms with E-state index in [2.05, 4.69) is 25.6 Å². The minimum Gasteiger partial charge on any atom is -0.366 e. The van der Waals surface area contributed by atoms with Crippen LogP contribution in [0.25, 0.3) is 11.4 Å². The smallest absolute Gasteiger partial charge is 0.251 e. The second kappa shape index (κ2) is 7.53. The Balaban J connectivity index is 1.78. The molecular weight excluding hydrogens is 314 g/mol. The average molecular weight is 333 g/mol. The summed E-state index contributed by atoms with van der Waals surface area (Å²) in [5.41, 5.74) is 3.44. The fourth-order valence-electron chi connectivity index (χ4n) is 2.45. The van der Waals surface area contributed by atoms with Crippen LogP contribution in [0.2, 0.25) is 0 Å². The molecule has 0 aliphatic heterocycles. The summed E-state index contributed by atoms with van der Waals surface area (Å²) in [4.78, 5) is 24.8. The molecule has 2 aromatic heterocycles. The molecule has 0 bridgehead atoms. The van der Waals surface area contributed by atoms with Crippen molar-refractivity contribution < 1.29 is 4.79 Å².